The van der Waals surface area contributed by atoms with Crippen LogP contribution in [0.25, 0.3) is 5.82 Å². The molecule has 0 amide bonds. The van der Waals surface area contributed by atoms with E-state index < -0.39 is 4.92 Å². The van der Waals surface area contributed by atoms with Gasteiger partial charge in [-0.2, -0.15) is 5.10 Å². The lowest BCUT2D eigenvalue weighted by Crippen LogP contribution is -2.00. The van der Waals surface area contributed by atoms with Gasteiger partial charge >= 0.3 is 0 Å². The van der Waals surface area contributed by atoms with Crippen molar-refractivity contribution >= 4 is 21.6 Å². The summed E-state index contributed by atoms with van der Waals surface area (Å²) in [6.07, 6.45) is 2.95. The van der Waals surface area contributed by atoms with E-state index in [-0.39, 0.29) is 5.69 Å². The highest BCUT2D eigenvalue weighted by Gasteiger charge is 2.12. The van der Waals surface area contributed by atoms with Gasteiger partial charge in [-0.05, 0) is 28.9 Å². The van der Waals surface area contributed by atoms with Gasteiger partial charge in [0.1, 0.15) is 6.20 Å². The molecule has 0 aliphatic carbocycles. The molecule has 6 nitrogen and oxygen atoms in total. The fraction of sp³-hybridized carbons (Fsp3) is 0.111. The van der Waals surface area contributed by atoms with Crippen molar-refractivity contribution in [3.8, 4) is 5.82 Å². The molecule has 0 spiro atoms. The number of hydrogen-bond donors (Lipinski definition) is 0. The Morgan fingerprint density at radius 3 is 2.81 bits per heavy atom. The molecule has 0 saturated heterocycles. The quantitative estimate of drug-likeness (QED) is 0.625. The van der Waals surface area contributed by atoms with Gasteiger partial charge < -0.3 is 0 Å². The third-order valence-electron chi connectivity index (χ3n) is 1.96. The number of hydrogen-bond acceptors (Lipinski definition) is 4. The number of aromatic nitrogens is 3. The van der Waals surface area contributed by atoms with Crippen molar-refractivity contribution in [3.05, 3.63) is 44.8 Å². The minimum atomic E-state index is -0.490. The second-order valence-corrected chi connectivity index (χ2v) is 4.01. The molecule has 2 heterocycles. The van der Waals surface area contributed by atoms with Crippen LogP contribution in [0.2, 0.25) is 0 Å². The van der Waals surface area contributed by atoms with Gasteiger partial charge in [0, 0.05) is 12.3 Å². The van der Waals surface area contributed by atoms with Crippen molar-refractivity contribution in [1.29, 1.82) is 0 Å². The first-order chi connectivity index (χ1) is 7.58. The lowest BCUT2D eigenvalue weighted by atomic mass is 10.4. The molecule has 2 rings (SSSR count). The van der Waals surface area contributed by atoms with Crippen LogP contribution in [-0.2, 0) is 0 Å². The van der Waals surface area contributed by atoms with Gasteiger partial charge in [0.05, 0.1) is 15.1 Å². The first-order valence-corrected chi connectivity index (χ1v) is 5.20. The lowest BCUT2D eigenvalue weighted by Gasteiger charge is -2.02. The monoisotopic (exact) mass is 282 g/mol. The second-order valence-electron chi connectivity index (χ2n) is 3.16. The Balaban J connectivity index is 2.47. The van der Waals surface area contributed by atoms with Crippen LogP contribution in [0.15, 0.2) is 29.0 Å². The highest BCUT2D eigenvalue weighted by Crippen LogP contribution is 2.23. The zero-order valence-corrected chi connectivity index (χ0v) is 9.88. The van der Waals surface area contributed by atoms with Crippen molar-refractivity contribution in [2.75, 3.05) is 0 Å². The Hall–Kier alpha value is -1.76. The molecule has 0 aliphatic rings. The molecule has 16 heavy (non-hydrogen) atoms. The van der Waals surface area contributed by atoms with Gasteiger partial charge in [-0.1, -0.05) is 0 Å². The Labute approximate surface area is 99.2 Å². The highest BCUT2D eigenvalue weighted by atomic mass is 79.9. The molecular weight excluding hydrogens is 276 g/mol. The number of halogens is 1. The Bertz CT molecular complexity index is 552. The standard InChI is InChI=1S/C9H7BrN4O2/c1-6-2-3-13(12-6)9-8(10)4-7(5-11-9)14(15)16/h2-5H,1H3. The van der Waals surface area contributed by atoms with Gasteiger partial charge in [-0.25, -0.2) is 9.67 Å². The average molecular weight is 283 g/mol. The molecule has 2 aromatic heterocycles. The molecule has 0 saturated carbocycles. The van der Waals surface area contributed by atoms with Crippen molar-refractivity contribution < 1.29 is 4.92 Å². The summed E-state index contributed by atoms with van der Waals surface area (Å²) in [5, 5.41) is 14.7. The maximum absolute atomic E-state index is 10.5. The number of nitrogens with zero attached hydrogens (tertiary/aromatic N) is 4. The summed E-state index contributed by atoms with van der Waals surface area (Å²) >= 11 is 3.23. The van der Waals surface area contributed by atoms with Gasteiger partial charge in [0.25, 0.3) is 5.69 Å². The molecule has 0 fully saturated rings. The first kappa shape index (κ1) is 10.7. The summed E-state index contributed by atoms with van der Waals surface area (Å²) in [4.78, 5) is 14.0. The molecule has 2 aromatic rings. The number of aryl methyl sites for hydroxylation is 1. The van der Waals surface area contributed by atoms with E-state index in [1.165, 1.54) is 12.3 Å². The van der Waals surface area contributed by atoms with Gasteiger partial charge in [0.15, 0.2) is 5.82 Å². The Morgan fingerprint density at radius 1 is 1.56 bits per heavy atom. The van der Waals surface area contributed by atoms with Crippen LogP contribution in [0.5, 0.6) is 0 Å². The van der Waals surface area contributed by atoms with E-state index in [9.17, 15) is 10.1 Å². The lowest BCUT2D eigenvalue weighted by molar-refractivity contribution is -0.385. The zero-order valence-electron chi connectivity index (χ0n) is 8.29. The number of pyridine rings is 1. The molecule has 0 aliphatic heterocycles. The summed E-state index contributed by atoms with van der Waals surface area (Å²) in [5.74, 6) is 0.527. The Kier molecular flexibility index (Phi) is 2.69. The SMILES string of the molecule is Cc1ccn(-c2ncc([N+](=O)[O-])cc2Br)n1. The summed E-state index contributed by atoms with van der Waals surface area (Å²) in [6.45, 7) is 1.86. The van der Waals surface area contributed by atoms with Crippen LogP contribution >= 0.6 is 15.9 Å². The van der Waals surface area contributed by atoms with Crippen molar-refractivity contribution in [3.63, 3.8) is 0 Å². The van der Waals surface area contributed by atoms with Crippen LogP contribution in [-0.4, -0.2) is 19.7 Å². The van der Waals surface area contributed by atoms with E-state index >= 15 is 0 Å². The topological polar surface area (TPSA) is 73.8 Å². The maximum Gasteiger partial charge on any atom is 0.288 e. The number of rotatable bonds is 2. The van der Waals surface area contributed by atoms with Crippen molar-refractivity contribution in [2.45, 2.75) is 6.92 Å². The molecule has 0 atom stereocenters. The normalized spacial score (nSPS) is 10.4. The Morgan fingerprint density at radius 2 is 2.31 bits per heavy atom. The van der Waals surface area contributed by atoms with E-state index in [4.69, 9.17) is 0 Å². The largest absolute Gasteiger partial charge is 0.288 e. The minimum absolute atomic E-state index is 0.0560. The molecule has 7 heteroatoms. The summed E-state index contributed by atoms with van der Waals surface area (Å²) < 4.78 is 2.09. The van der Waals surface area contributed by atoms with Crippen LogP contribution in [0.4, 0.5) is 5.69 Å². The van der Waals surface area contributed by atoms with Crippen LogP contribution in [0.1, 0.15) is 5.69 Å². The van der Waals surface area contributed by atoms with Gasteiger partial charge in [0.2, 0.25) is 0 Å². The van der Waals surface area contributed by atoms with Crippen molar-refractivity contribution in [2.24, 2.45) is 0 Å². The second kappa shape index (κ2) is 4.01. The third-order valence-corrected chi connectivity index (χ3v) is 2.54. The predicted octanol–water partition coefficient (Wildman–Crippen LogP) is 2.25. The van der Waals surface area contributed by atoms with Crippen molar-refractivity contribution in [1.82, 2.24) is 14.8 Å². The van der Waals surface area contributed by atoms with Gasteiger partial charge in [-0.3, -0.25) is 10.1 Å². The smallest absolute Gasteiger partial charge is 0.258 e. The van der Waals surface area contributed by atoms with E-state index in [0.29, 0.717) is 10.3 Å². The maximum atomic E-state index is 10.5. The fourth-order valence-electron chi connectivity index (χ4n) is 1.22. The van der Waals surface area contributed by atoms with E-state index in [0.717, 1.165) is 5.69 Å². The number of nitro groups is 1. The molecule has 0 unspecified atom stereocenters. The van der Waals surface area contributed by atoms with Gasteiger partial charge in [-0.15, -0.1) is 0 Å². The third kappa shape index (κ3) is 1.94. The van der Waals surface area contributed by atoms with Crippen LogP contribution in [0.3, 0.4) is 0 Å². The van der Waals surface area contributed by atoms with E-state index in [1.807, 2.05) is 13.0 Å². The predicted molar refractivity (Wildman–Crippen MR) is 60.5 cm³/mol. The first-order valence-electron chi connectivity index (χ1n) is 4.40. The van der Waals surface area contributed by atoms with Crippen LogP contribution < -0.4 is 0 Å². The molecule has 0 bridgehead atoms. The molecule has 0 aromatic carbocycles. The summed E-state index contributed by atoms with van der Waals surface area (Å²) in [6, 6.07) is 3.23. The highest BCUT2D eigenvalue weighted by molar-refractivity contribution is 9.10. The summed E-state index contributed by atoms with van der Waals surface area (Å²) in [5.41, 5.74) is 0.798. The van der Waals surface area contributed by atoms with E-state index in [1.54, 1.807) is 10.9 Å². The molecule has 0 N–H and O–H groups in total. The zero-order chi connectivity index (χ0) is 11.7. The molecule has 0 radical (unpaired) electrons. The van der Waals surface area contributed by atoms with Crippen LogP contribution in [0, 0.1) is 17.0 Å². The molecular formula is C9H7BrN4O2. The average Bonchev–Trinajstić information content (AvgIpc) is 2.64. The van der Waals surface area contributed by atoms with E-state index in [2.05, 4.69) is 26.0 Å². The minimum Gasteiger partial charge on any atom is -0.258 e. The summed E-state index contributed by atoms with van der Waals surface area (Å²) in [7, 11) is 0. The molecule has 82 valence electrons. The fourth-order valence-corrected chi connectivity index (χ4v) is 1.74.